The van der Waals surface area contributed by atoms with Crippen LogP contribution in [0.25, 0.3) is 0 Å². The fourth-order valence-electron chi connectivity index (χ4n) is 3.29. The van der Waals surface area contributed by atoms with Gasteiger partial charge in [-0.05, 0) is 22.8 Å². The van der Waals surface area contributed by atoms with Gasteiger partial charge in [-0.1, -0.05) is 90.5 Å². The van der Waals surface area contributed by atoms with Crippen LogP contribution in [0, 0.1) is 0 Å². The van der Waals surface area contributed by atoms with Crippen LogP contribution < -0.4 is 5.73 Å². The highest BCUT2D eigenvalue weighted by Crippen LogP contribution is 2.44. The lowest BCUT2D eigenvalue weighted by Gasteiger charge is -2.35. The van der Waals surface area contributed by atoms with Crippen molar-refractivity contribution in [2.24, 2.45) is 5.73 Å². The fraction of sp³-hybridized carbons (Fsp3) is 0.0952. The van der Waals surface area contributed by atoms with Crippen LogP contribution in [0.3, 0.4) is 0 Å². The van der Waals surface area contributed by atoms with Gasteiger partial charge in [-0.3, -0.25) is 4.79 Å². The number of carbonyl (C=O) groups excluding carboxylic acids is 1. The highest BCUT2D eigenvalue weighted by molar-refractivity contribution is 6.31. The number of primary amides is 1. The van der Waals surface area contributed by atoms with Gasteiger partial charge in [0.1, 0.15) is 0 Å². The highest BCUT2D eigenvalue weighted by Gasteiger charge is 2.39. The van der Waals surface area contributed by atoms with Crippen molar-refractivity contribution in [1.29, 1.82) is 0 Å². The lowest BCUT2D eigenvalue weighted by atomic mass is 9.67. The summed E-state index contributed by atoms with van der Waals surface area (Å²) in [7, 11) is 0. The largest absolute Gasteiger partial charge is 0.370 e. The molecule has 3 aromatic carbocycles. The smallest absolute Gasteiger partial charge is 0.219 e. The molecular weight excluding hydrogens is 318 g/mol. The summed E-state index contributed by atoms with van der Waals surface area (Å²) in [5, 5.41) is 0.617. The molecule has 0 unspecified atom stereocenters. The third kappa shape index (κ3) is 2.93. The number of halogens is 1. The maximum Gasteiger partial charge on any atom is 0.219 e. The summed E-state index contributed by atoms with van der Waals surface area (Å²) in [5.41, 5.74) is 7.80. The lowest BCUT2D eigenvalue weighted by molar-refractivity contribution is -0.118. The number of benzene rings is 3. The molecule has 3 aromatic rings. The standard InChI is InChI=1S/C21H18ClNO/c22-19-14-8-7-13-18(19)21(15-20(23)24,16-9-3-1-4-10-16)17-11-5-2-6-12-17/h1-14H,15H2,(H2,23,24). The topological polar surface area (TPSA) is 43.1 Å². The summed E-state index contributed by atoms with van der Waals surface area (Å²) >= 11 is 6.54. The van der Waals surface area contributed by atoms with E-state index in [2.05, 4.69) is 0 Å². The van der Waals surface area contributed by atoms with Crippen molar-refractivity contribution in [3.63, 3.8) is 0 Å². The highest BCUT2D eigenvalue weighted by atomic mass is 35.5. The van der Waals surface area contributed by atoms with Crippen molar-refractivity contribution in [3.8, 4) is 0 Å². The van der Waals surface area contributed by atoms with Gasteiger partial charge in [-0.15, -0.1) is 0 Å². The number of nitrogens with two attached hydrogens (primary N) is 1. The van der Waals surface area contributed by atoms with Crippen LogP contribution in [0.15, 0.2) is 84.9 Å². The predicted molar refractivity (Wildman–Crippen MR) is 98.0 cm³/mol. The van der Waals surface area contributed by atoms with Crippen molar-refractivity contribution in [3.05, 3.63) is 107 Å². The van der Waals surface area contributed by atoms with Gasteiger partial charge in [-0.2, -0.15) is 0 Å². The van der Waals surface area contributed by atoms with Crippen LogP contribution >= 0.6 is 11.6 Å². The first-order valence-electron chi connectivity index (χ1n) is 7.79. The molecule has 0 bridgehead atoms. The average molecular weight is 336 g/mol. The molecule has 0 spiro atoms. The lowest BCUT2D eigenvalue weighted by Crippen LogP contribution is -2.35. The van der Waals surface area contributed by atoms with Crippen molar-refractivity contribution in [1.82, 2.24) is 0 Å². The third-order valence-electron chi connectivity index (χ3n) is 4.31. The Hall–Kier alpha value is -2.58. The number of rotatable bonds is 5. The summed E-state index contributed by atoms with van der Waals surface area (Å²) in [6.07, 6.45) is 0.144. The van der Waals surface area contributed by atoms with E-state index in [1.54, 1.807) is 0 Å². The van der Waals surface area contributed by atoms with E-state index in [1.165, 1.54) is 0 Å². The molecule has 0 aliphatic rings. The zero-order valence-electron chi connectivity index (χ0n) is 13.2. The van der Waals surface area contributed by atoms with Gasteiger partial charge >= 0.3 is 0 Å². The Morgan fingerprint density at radius 2 is 1.25 bits per heavy atom. The normalized spacial score (nSPS) is 11.2. The minimum Gasteiger partial charge on any atom is -0.370 e. The molecule has 24 heavy (non-hydrogen) atoms. The molecule has 3 rings (SSSR count). The fourth-order valence-corrected chi connectivity index (χ4v) is 3.59. The van der Waals surface area contributed by atoms with Crippen LogP contribution in [0.4, 0.5) is 0 Å². The number of carbonyl (C=O) groups is 1. The van der Waals surface area contributed by atoms with E-state index in [-0.39, 0.29) is 12.3 Å². The molecule has 0 aliphatic heterocycles. The van der Waals surface area contributed by atoms with Gasteiger partial charge in [0.25, 0.3) is 0 Å². The van der Waals surface area contributed by atoms with Gasteiger partial charge in [0.2, 0.25) is 5.91 Å². The van der Waals surface area contributed by atoms with Crippen LogP contribution in [0.5, 0.6) is 0 Å². The maximum absolute atomic E-state index is 12.0. The molecule has 1 amide bonds. The molecule has 0 aromatic heterocycles. The van der Waals surface area contributed by atoms with E-state index >= 15 is 0 Å². The van der Waals surface area contributed by atoms with Gasteiger partial charge in [0.15, 0.2) is 0 Å². The van der Waals surface area contributed by atoms with E-state index in [1.807, 2.05) is 84.9 Å². The van der Waals surface area contributed by atoms with Crippen molar-refractivity contribution in [2.75, 3.05) is 0 Å². The Kier molecular flexibility index (Phi) is 4.68. The zero-order chi connectivity index (χ0) is 17.0. The minimum absolute atomic E-state index is 0.144. The first kappa shape index (κ1) is 16.3. The van der Waals surface area contributed by atoms with E-state index < -0.39 is 5.41 Å². The SMILES string of the molecule is NC(=O)CC(c1ccccc1)(c1ccccc1)c1ccccc1Cl. The summed E-state index contributed by atoms with van der Waals surface area (Å²) in [5.74, 6) is -0.373. The second-order valence-corrected chi connectivity index (χ2v) is 6.17. The molecule has 0 saturated carbocycles. The second kappa shape index (κ2) is 6.90. The van der Waals surface area contributed by atoms with Crippen molar-refractivity contribution in [2.45, 2.75) is 11.8 Å². The third-order valence-corrected chi connectivity index (χ3v) is 4.64. The zero-order valence-corrected chi connectivity index (χ0v) is 13.9. The Morgan fingerprint density at radius 3 is 1.71 bits per heavy atom. The summed E-state index contributed by atoms with van der Waals surface area (Å²) < 4.78 is 0. The number of amides is 1. The molecule has 3 heteroatoms. The van der Waals surface area contributed by atoms with Crippen LogP contribution in [0.2, 0.25) is 5.02 Å². The summed E-state index contributed by atoms with van der Waals surface area (Å²) in [6, 6.07) is 27.4. The molecular formula is C21H18ClNO. The predicted octanol–water partition coefficient (Wildman–Crippen LogP) is 4.55. The Balaban J connectivity index is 2.38. The molecule has 120 valence electrons. The Bertz CT molecular complexity index is 791. The number of hydrogen-bond acceptors (Lipinski definition) is 1. The molecule has 0 saturated heterocycles. The summed E-state index contributed by atoms with van der Waals surface area (Å²) in [4.78, 5) is 12.0. The monoisotopic (exact) mass is 335 g/mol. The van der Waals surface area contributed by atoms with Crippen LogP contribution in [-0.4, -0.2) is 5.91 Å². The van der Waals surface area contributed by atoms with Crippen molar-refractivity contribution >= 4 is 17.5 Å². The average Bonchev–Trinajstić information content (AvgIpc) is 2.62. The first-order chi connectivity index (χ1) is 11.6. The van der Waals surface area contributed by atoms with E-state index in [0.29, 0.717) is 5.02 Å². The second-order valence-electron chi connectivity index (χ2n) is 5.76. The van der Waals surface area contributed by atoms with E-state index in [4.69, 9.17) is 17.3 Å². The molecule has 0 heterocycles. The maximum atomic E-state index is 12.0. The van der Waals surface area contributed by atoms with Crippen LogP contribution in [0.1, 0.15) is 23.1 Å². The quantitative estimate of drug-likeness (QED) is 0.683. The van der Waals surface area contributed by atoms with Crippen LogP contribution in [-0.2, 0) is 10.2 Å². The Morgan fingerprint density at radius 1 is 0.792 bits per heavy atom. The Labute approximate surface area is 146 Å². The van der Waals surface area contributed by atoms with E-state index in [9.17, 15) is 4.79 Å². The molecule has 2 N–H and O–H groups in total. The summed E-state index contributed by atoms with van der Waals surface area (Å²) in [6.45, 7) is 0. The molecule has 0 atom stereocenters. The van der Waals surface area contributed by atoms with Gasteiger partial charge in [0, 0.05) is 11.4 Å². The molecule has 0 aliphatic carbocycles. The number of hydrogen-bond donors (Lipinski definition) is 1. The van der Waals surface area contributed by atoms with E-state index in [0.717, 1.165) is 16.7 Å². The van der Waals surface area contributed by atoms with Gasteiger partial charge < -0.3 is 5.73 Å². The van der Waals surface area contributed by atoms with Gasteiger partial charge in [-0.25, -0.2) is 0 Å². The molecule has 2 nitrogen and oxygen atoms in total. The van der Waals surface area contributed by atoms with Crippen molar-refractivity contribution < 1.29 is 4.79 Å². The minimum atomic E-state index is -0.716. The first-order valence-corrected chi connectivity index (χ1v) is 8.17. The van der Waals surface area contributed by atoms with Gasteiger partial charge in [0.05, 0.1) is 5.41 Å². The molecule has 0 fully saturated rings. The molecule has 0 radical (unpaired) electrons.